The molecule has 19 heavy (non-hydrogen) atoms. The van der Waals surface area contributed by atoms with E-state index in [1.165, 1.54) is 12.1 Å². The lowest BCUT2D eigenvalue weighted by molar-refractivity contribution is -0.146. The summed E-state index contributed by atoms with van der Waals surface area (Å²) in [6.45, 7) is -0.750. The molecule has 0 saturated carbocycles. The average molecular weight is 308 g/mol. The molecule has 104 valence electrons. The number of hydrogen-bond acceptors (Lipinski definition) is 4. The van der Waals surface area contributed by atoms with E-state index >= 15 is 0 Å². The highest BCUT2D eigenvalue weighted by Crippen LogP contribution is 2.27. The van der Waals surface area contributed by atoms with Gasteiger partial charge in [0.1, 0.15) is 5.75 Å². The summed E-state index contributed by atoms with van der Waals surface area (Å²) in [7, 11) is 0. The summed E-state index contributed by atoms with van der Waals surface area (Å²) in [5.41, 5.74) is 0. The maximum absolute atomic E-state index is 11.3. The number of benzene rings is 1. The van der Waals surface area contributed by atoms with Crippen LogP contribution < -0.4 is 10.1 Å². The van der Waals surface area contributed by atoms with Gasteiger partial charge in [0.25, 0.3) is 5.91 Å². The topological polar surface area (TPSA) is 95.9 Å². The molecule has 0 heterocycles. The van der Waals surface area contributed by atoms with Crippen LogP contribution in [-0.2, 0) is 9.59 Å². The van der Waals surface area contributed by atoms with Crippen LogP contribution in [0.2, 0.25) is 10.0 Å². The minimum Gasteiger partial charge on any atom is -0.482 e. The number of amides is 1. The molecule has 0 saturated heterocycles. The molecule has 1 amide bonds. The van der Waals surface area contributed by atoms with E-state index in [2.05, 4.69) is 5.32 Å². The third-order valence-corrected chi connectivity index (χ3v) is 2.56. The highest BCUT2D eigenvalue weighted by atomic mass is 35.5. The summed E-state index contributed by atoms with van der Waals surface area (Å²) in [5.74, 6) is -1.71. The molecule has 0 aliphatic heterocycles. The lowest BCUT2D eigenvalue weighted by atomic mass is 10.3. The summed E-state index contributed by atoms with van der Waals surface area (Å²) in [6.07, 6.45) is -1.65. The van der Waals surface area contributed by atoms with Crippen molar-refractivity contribution in [1.82, 2.24) is 5.32 Å². The quantitative estimate of drug-likeness (QED) is 0.726. The second-order valence-electron chi connectivity index (χ2n) is 3.52. The minimum absolute atomic E-state index is 0.255. The number of aliphatic hydroxyl groups is 1. The van der Waals surface area contributed by atoms with E-state index in [0.29, 0.717) is 5.02 Å². The molecule has 0 radical (unpaired) electrons. The fourth-order valence-corrected chi connectivity index (χ4v) is 1.55. The molecule has 1 aromatic rings. The first-order chi connectivity index (χ1) is 8.90. The minimum atomic E-state index is -1.65. The SMILES string of the molecule is O=C(COc1ccc(Cl)cc1Cl)NC[C@H](O)C(=O)O. The van der Waals surface area contributed by atoms with Gasteiger partial charge in [-0.15, -0.1) is 0 Å². The number of rotatable bonds is 6. The van der Waals surface area contributed by atoms with Crippen molar-refractivity contribution in [3.8, 4) is 5.75 Å². The smallest absolute Gasteiger partial charge is 0.334 e. The van der Waals surface area contributed by atoms with Crippen molar-refractivity contribution in [3.05, 3.63) is 28.2 Å². The van der Waals surface area contributed by atoms with E-state index in [-0.39, 0.29) is 17.4 Å². The zero-order chi connectivity index (χ0) is 14.4. The van der Waals surface area contributed by atoms with Crippen LogP contribution >= 0.6 is 23.2 Å². The van der Waals surface area contributed by atoms with Crippen LogP contribution in [0.25, 0.3) is 0 Å². The fourth-order valence-electron chi connectivity index (χ4n) is 1.08. The van der Waals surface area contributed by atoms with Crippen LogP contribution in [0.1, 0.15) is 0 Å². The number of aliphatic hydroxyl groups excluding tert-OH is 1. The van der Waals surface area contributed by atoms with Gasteiger partial charge >= 0.3 is 5.97 Å². The summed E-state index contributed by atoms with van der Waals surface area (Å²) < 4.78 is 5.11. The Kier molecular flexibility index (Phi) is 5.88. The maximum atomic E-state index is 11.3. The van der Waals surface area contributed by atoms with Gasteiger partial charge in [-0.3, -0.25) is 4.79 Å². The predicted octanol–water partition coefficient (Wildman–Crippen LogP) is 0.934. The predicted molar refractivity (Wildman–Crippen MR) is 68.6 cm³/mol. The van der Waals surface area contributed by atoms with Crippen LogP contribution in [0.15, 0.2) is 18.2 Å². The van der Waals surface area contributed by atoms with E-state index < -0.39 is 24.5 Å². The van der Waals surface area contributed by atoms with Gasteiger partial charge in [0.2, 0.25) is 0 Å². The van der Waals surface area contributed by atoms with Crippen molar-refractivity contribution in [3.63, 3.8) is 0 Å². The molecule has 6 nitrogen and oxygen atoms in total. The number of carbonyl (C=O) groups is 2. The molecular formula is C11H11Cl2NO5. The first-order valence-electron chi connectivity index (χ1n) is 5.15. The van der Waals surface area contributed by atoms with Crippen molar-refractivity contribution >= 4 is 35.1 Å². The van der Waals surface area contributed by atoms with Crippen LogP contribution in [0, 0.1) is 0 Å². The Balaban J connectivity index is 2.40. The van der Waals surface area contributed by atoms with Gasteiger partial charge in [0.05, 0.1) is 11.6 Å². The van der Waals surface area contributed by atoms with Crippen LogP contribution in [0.5, 0.6) is 5.75 Å². The van der Waals surface area contributed by atoms with Gasteiger partial charge in [0, 0.05) is 5.02 Å². The van der Waals surface area contributed by atoms with Crippen molar-refractivity contribution in [1.29, 1.82) is 0 Å². The third kappa shape index (κ3) is 5.34. The zero-order valence-electron chi connectivity index (χ0n) is 9.60. The number of carbonyl (C=O) groups excluding carboxylic acids is 1. The van der Waals surface area contributed by atoms with Crippen molar-refractivity contribution in [2.45, 2.75) is 6.10 Å². The molecule has 1 rings (SSSR count). The largest absolute Gasteiger partial charge is 0.482 e. The number of carboxylic acid groups (broad SMARTS) is 1. The molecular weight excluding hydrogens is 297 g/mol. The fraction of sp³-hybridized carbons (Fsp3) is 0.273. The second kappa shape index (κ2) is 7.18. The highest BCUT2D eigenvalue weighted by molar-refractivity contribution is 6.35. The summed E-state index contributed by atoms with van der Waals surface area (Å²) in [6, 6.07) is 4.52. The van der Waals surface area contributed by atoms with E-state index in [9.17, 15) is 9.59 Å². The van der Waals surface area contributed by atoms with Gasteiger partial charge in [-0.1, -0.05) is 23.2 Å². The number of carboxylic acids is 1. The second-order valence-corrected chi connectivity index (χ2v) is 4.37. The Bertz CT molecular complexity index is 480. The summed E-state index contributed by atoms with van der Waals surface area (Å²) >= 11 is 11.5. The van der Waals surface area contributed by atoms with E-state index in [1.807, 2.05) is 0 Å². The molecule has 1 aromatic carbocycles. The lowest BCUT2D eigenvalue weighted by Crippen LogP contribution is -2.38. The summed E-state index contributed by atoms with van der Waals surface area (Å²) in [5, 5.41) is 20.2. The van der Waals surface area contributed by atoms with E-state index in [4.69, 9.17) is 38.2 Å². The van der Waals surface area contributed by atoms with Gasteiger partial charge in [0.15, 0.2) is 12.7 Å². The van der Waals surface area contributed by atoms with Crippen LogP contribution in [-0.4, -0.2) is 41.3 Å². The number of hydrogen-bond donors (Lipinski definition) is 3. The van der Waals surface area contributed by atoms with Crippen LogP contribution in [0.4, 0.5) is 0 Å². The average Bonchev–Trinajstić information content (AvgIpc) is 2.34. The van der Waals surface area contributed by atoms with E-state index in [1.54, 1.807) is 6.07 Å². The van der Waals surface area contributed by atoms with Crippen LogP contribution in [0.3, 0.4) is 0 Å². The van der Waals surface area contributed by atoms with Crippen molar-refractivity contribution in [2.75, 3.05) is 13.2 Å². The normalized spacial score (nSPS) is 11.7. The molecule has 0 fully saturated rings. The summed E-state index contributed by atoms with van der Waals surface area (Å²) in [4.78, 5) is 21.6. The zero-order valence-corrected chi connectivity index (χ0v) is 11.1. The third-order valence-electron chi connectivity index (χ3n) is 2.03. The molecule has 0 unspecified atom stereocenters. The molecule has 0 spiro atoms. The lowest BCUT2D eigenvalue weighted by Gasteiger charge is -2.10. The van der Waals surface area contributed by atoms with Crippen molar-refractivity contribution in [2.24, 2.45) is 0 Å². The molecule has 8 heteroatoms. The molecule has 0 aromatic heterocycles. The number of ether oxygens (including phenoxy) is 1. The van der Waals surface area contributed by atoms with Crippen molar-refractivity contribution < 1.29 is 24.5 Å². The molecule has 0 aliphatic rings. The first-order valence-corrected chi connectivity index (χ1v) is 5.91. The Morgan fingerprint density at radius 1 is 1.37 bits per heavy atom. The number of halogens is 2. The molecule has 3 N–H and O–H groups in total. The van der Waals surface area contributed by atoms with Gasteiger partial charge in [-0.05, 0) is 18.2 Å². The maximum Gasteiger partial charge on any atom is 0.334 e. The Labute approximate surface area is 118 Å². The Morgan fingerprint density at radius 2 is 2.05 bits per heavy atom. The first kappa shape index (κ1) is 15.6. The van der Waals surface area contributed by atoms with Gasteiger partial charge in [-0.2, -0.15) is 0 Å². The highest BCUT2D eigenvalue weighted by Gasteiger charge is 2.14. The Morgan fingerprint density at radius 3 is 2.63 bits per heavy atom. The number of nitrogens with one attached hydrogen (secondary N) is 1. The van der Waals surface area contributed by atoms with E-state index in [0.717, 1.165) is 0 Å². The van der Waals surface area contributed by atoms with Gasteiger partial charge < -0.3 is 20.3 Å². The molecule has 1 atom stereocenters. The molecule has 0 bridgehead atoms. The standard InChI is InChI=1S/C11H11Cl2NO5/c12-6-1-2-9(7(13)3-6)19-5-10(16)14-4-8(15)11(17)18/h1-3,8,15H,4-5H2,(H,14,16)(H,17,18)/t8-/m0/s1. The monoisotopic (exact) mass is 307 g/mol. The molecule has 0 aliphatic carbocycles. The number of aliphatic carboxylic acids is 1. The van der Waals surface area contributed by atoms with Gasteiger partial charge in [-0.25, -0.2) is 4.79 Å². The Hall–Kier alpha value is -1.50.